The number of fused-ring (bicyclic) bond motifs is 9. The Labute approximate surface area is 278 Å². The van der Waals surface area contributed by atoms with Crippen LogP contribution < -0.4 is 0 Å². The Balaban J connectivity index is 1.23. The Morgan fingerprint density at radius 3 is 1.90 bits per heavy atom. The van der Waals surface area contributed by atoms with Crippen LogP contribution >= 0.6 is 0 Å². The van der Waals surface area contributed by atoms with E-state index in [1.165, 1.54) is 76.6 Å². The van der Waals surface area contributed by atoms with Gasteiger partial charge in [0.05, 0.1) is 22.1 Å². The van der Waals surface area contributed by atoms with E-state index < -0.39 is 0 Å². The SMILES string of the molecule is Cc1ccc2c(c1)c1ccccc1n2-c1cccc(-c2ccc3ccc4c(-c5ccccc5)c5ccc6ccccc6c5nc4c3c2)c1. The Kier molecular flexibility index (Phi) is 5.82. The number of hydrogen-bond donors (Lipinski definition) is 0. The van der Waals surface area contributed by atoms with E-state index in [-0.39, 0.29) is 0 Å². The van der Waals surface area contributed by atoms with Crippen molar-refractivity contribution in [1.29, 1.82) is 0 Å². The third-order valence-corrected chi connectivity index (χ3v) is 9.98. The minimum absolute atomic E-state index is 1.03. The molecule has 0 bridgehead atoms. The van der Waals surface area contributed by atoms with Gasteiger partial charge < -0.3 is 4.57 Å². The van der Waals surface area contributed by atoms with Crippen molar-refractivity contribution in [3.05, 3.63) is 169 Å². The normalized spacial score (nSPS) is 11.9. The summed E-state index contributed by atoms with van der Waals surface area (Å²) in [6, 6.07) is 59.6. The van der Waals surface area contributed by atoms with E-state index in [2.05, 4.69) is 175 Å². The molecule has 2 heteroatoms. The van der Waals surface area contributed by atoms with Crippen molar-refractivity contribution in [3.8, 4) is 27.9 Å². The second-order valence-electron chi connectivity index (χ2n) is 12.9. The van der Waals surface area contributed by atoms with Crippen LogP contribution in [-0.2, 0) is 0 Å². The zero-order valence-corrected chi connectivity index (χ0v) is 26.5. The van der Waals surface area contributed by atoms with Gasteiger partial charge in [-0.05, 0) is 70.8 Å². The van der Waals surface area contributed by atoms with Crippen molar-refractivity contribution in [2.24, 2.45) is 0 Å². The lowest BCUT2D eigenvalue weighted by Gasteiger charge is -2.15. The summed E-state index contributed by atoms with van der Waals surface area (Å²) in [6.45, 7) is 2.17. The van der Waals surface area contributed by atoms with E-state index in [9.17, 15) is 0 Å². The maximum Gasteiger partial charge on any atom is 0.0794 e. The molecule has 2 nitrogen and oxygen atoms in total. The Bertz CT molecular complexity index is 2900. The molecule has 0 spiro atoms. The van der Waals surface area contributed by atoms with Gasteiger partial charge >= 0.3 is 0 Å². The maximum absolute atomic E-state index is 5.48. The van der Waals surface area contributed by atoms with Crippen LogP contribution in [0.4, 0.5) is 0 Å². The molecule has 2 heterocycles. The van der Waals surface area contributed by atoms with Crippen LogP contribution in [-0.4, -0.2) is 9.55 Å². The number of pyridine rings is 1. The molecule has 0 atom stereocenters. The summed E-state index contributed by atoms with van der Waals surface area (Å²) in [6.07, 6.45) is 0. The van der Waals surface area contributed by atoms with E-state index in [0.717, 1.165) is 22.1 Å². The van der Waals surface area contributed by atoms with Crippen molar-refractivity contribution in [2.45, 2.75) is 6.92 Å². The van der Waals surface area contributed by atoms with Crippen molar-refractivity contribution >= 4 is 65.2 Å². The lowest BCUT2D eigenvalue weighted by atomic mass is 9.92. The standard InChI is InChI=1S/C46H30N2/c1-29-18-25-43-41(26-29)37-16-7-8-17-42(37)48(43)35-14-9-13-33(27-35)34-20-19-31-22-24-39-44(32-11-3-2-4-12-32)38-23-21-30-10-5-6-15-36(30)45(38)47-46(39)40(31)28-34/h2-28H,1H3. The number of aromatic nitrogens is 2. The van der Waals surface area contributed by atoms with Crippen LogP contribution in [0.15, 0.2) is 164 Å². The monoisotopic (exact) mass is 610 g/mol. The van der Waals surface area contributed by atoms with Gasteiger partial charge in [-0.2, -0.15) is 0 Å². The molecule has 0 saturated carbocycles. The predicted molar refractivity (Wildman–Crippen MR) is 204 cm³/mol. The average Bonchev–Trinajstić information content (AvgIpc) is 3.47. The van der Waals surface area contributed by atoms with Crippen LogP contribution in [0, 0.1) is 6.92 Å². The number of benzene rings is 8. The van der Waals surface area contributed by atoms with E-state index in [0.29, 0.717) is 0 Å². The first-order valence-electron chi connectivity index (χ1n) is 16.6. The molecule has 0 aliphatic carbocycles. The van der Waals surface area contributed by atoms with Crippen LogP contribution in [0.1, 0.15) is 5.56 Å². The van der Waals surface area contributed by atoms with Crippen molar-refractivity contribution in [1.82, 2.24) is 9.55 Å². The van der Waals surface area contributed by atoms with Gasteiger partial charge in [0.15, 0.2) is 0 Å². The molecule has 0 radical (unpaired) electrons. The lowest BCUT2D eigenvalue weighted by molar-refractivity contribution is 1.18. The van der Waals surface area contributed by atoms with Crippen molar-refractivity contribution < 1.29 is 0 Å². The number of aryl methyl sites for hydroxylation is 1. The topological polar surface area (TPSA) is 17.8 Å². The zero-order chi connectivity index (χ0) is 31.8. The van der Waals surface area contributed by atoms with Crippen LogP contribution in [0.25, 0.3) is 93.1 Å². The van der Waals surface area contributed by atoms with Gasteiger partial charge in [-0.15, -0.1) is 0 Å². The lowest BCUT2D eigenvalue weighted by Crippen LogP contribution is -1.94. The first kappa shape index (κ1) is 26.9. The molecule has 0 N–H and O–H groups in total. The summed E-state index contributed by atoms with van der Waals surface area (Å²) in [5, 5.41) is 9.64. The van der Waals surface area contributed by atoms with Crippen molar-refractivity contribution in [3.63, 3.8) is 0 Å². The number of nitrogens with zero attached hydrogens (tertiary/aromatic N) is 2. The van der Waals surface area contributed by atoms with Gasteiger partial charge in [-0.3, -0.25) is 0 Å². The second kappa shape index (κ2) is 10.4. The molecule has 0 fully saturated rings. The Morgan fingerprint density at radius 1 is 0.396 bits per heavy atom. The molecular formula is C46H30N2. The fourth-order valence-corrected chi connectivity index (χ4v) is 7.75. The molecule has 48 heavy (non-hydrogen) atoms. The van der Waals surface area contributed by atoms with E-state index in [1.807, 2.05) is 0 Å². The maximum atomic E-state index is 5.48. The average molecular weight is 611 g/mol. The molecule has 0 aliphatic heterocycles. The first-order chi connectivity index (χ1) is 23.7. The fourth-order valence-electron chi connectivity index (χ4n) is 7.75. The van der Waals surface area contributed by atoms with Gasteiger partial charge in [-0.25, -0.2) is 4.98 Å². The summed E-state index contributed by atoms with van der Waals surface area (Å²) in [5.74, 6) is 0. The van der Waals surface area contributed by atoms with Gasteiger partial charge in [0.25, 0.3) is 0 Å². The molecule has 0 saturated heterocycles. The third-order valence-electron chi connectivity index (χ3n) is 9.98. The zero-order valence-electron chi connectivity index (χ0n) is 26.5. The van der Waals surface area contributed by atoms with E-state index in [1.54, 1.807) is 0 Å². The summed E-state index contributed by atoms with van der Waals surface area (Å²) < 4.78 is 2.40. The number of hydrogen-bond acceptors (Lipinski definition) is 1. The molecule has 0 amide bonds. The second-order valence-corrected chi connectivity index (χ2v) is 12.9. The molecule has 10 rings (SSSR count). The molecular weight excluding hydrogens is 581 g/mol. The predicted octanol–water partition coefficient (Wildman–Crippen LogP) is 12.4. The van der Waals surface area contributed by atoms with Crippen LogP contribution in [0.5, 0.6) is 0 Å². The van der Waals surface area contributed by atoms with Gasteiger partial charge in [-0.1, -0.05) is 133 Å². The molecule has 0 unspecified atom stereocenters. The summed E-state index contributed by atoms with van der Waals surface area (Å²) >= 11 is 0. The third kappa shape index (κ3) is 4.03. The smallest absolute Gasteiger partial charge is 0.0794 e. The Hall–Kier alpha value is -6.25. The highest BCUT2D eigenvalue weighted by molar-refractivity contribution is 6.21. The molecule has 8 aromatic carbocycles. The van der Waals surface area contributed by atoms with E-state index >= 15 is 0 Å². The molecule has 0 aliphatic rings. The van der Waals surface area contributed by atoms with Crippen LogP contribution in [0.2, 0.25) is 0 Å². The van der Waals surface area contributed by atoms with E-state index in [4.69, 9.17) is 4.98 Å². The summed E-state index contributed by atoms with van der Waals surface area (Å²) in [4.78, 5) is 5.48. The minimum Gasteiger partial charge on any atom is -0.309 e. The number of rotatable bonds is 3. The molecule has 2 aromatic heterocycles. The van der Waals surface area contributed by atoms with Gasteiger partial charge in [0.1, 0.15) is 0 Å². The van der Waals surface area contributed by atoms with Gasteiger partial charge in [0, 0.05) is 43.6 Å². The Morgan fingerprint density at radius 2 is 1.04 bits per heavy atom. The summed E-state index contributed by atoms with van der Waals surface area (Å²) in [5.41, 5.74) is 11.7. The quantitative estimate of drug-likeness (QED) is 0.144. The van der Waals surface area contributed by atoms with Crippen LogP contribution in [0.3, 0.4) is 0 Å². The fraction of sp³-hybridized carbons (Fsp3) is 0.0217. The molecule has 224 valence electrons. The highest BCUT2D eigenvalue weighted by Gasteiger charge is 2.17. The minimum atomic E-state index is 1.03. The first-order valence-corrected chi connectivity index (χ1v) is 16.6. The largest absolute Gasteiger partial charge is 0.309 e. The van der Waals surface area contributed by atoms with Crippen molar-refractivity contribution in [2.75, 3.05) is 0 Å². The summed E-state index contributed by atoms with van der Waals surface area (Å²) in [7, 11) is 0. The highest BCUT2D eigenvalue weighted by Crippen LogP contribution is 2.41. The van der Waals surface area contributed by atoms with Gasteiger partial charge in [0.2, 0.25) is 0 Å². The number of para-hydroxylation sites is 1. The molecule has 10 aromatic rings. The highest BCUT2D eigenvalue weighted by atomic mass is 15.0.